The first-order valence-electron chi connectivity index (χ1n) is 7.08. The number of ketones is 1. The summed E-state index contributed by atoms with van der Waals surface area (Å²) in [7, 11) is 0. The van der Waals surface area contributed by atoms with E-state index >= 15 is 0 Å². The van der Waals surface area contributed by atoms with Crippen molar-refractivity contribution in [2.45, 2.75) is 39.0 Å². The van der Waals surface area contributed by atoms with Crippen molar-refractivity contribution in [2.75, 3.05) is 19.6 Å². The minimum Gasteiger partial charge on any atom is -0.303 e. The monoisotopic (exact) mass is 245 g/mol. The van der Waals surface area contributed by atoms with Gasteiger partial charge in [-0.15, -0.1) is 0 Å². The Morgan fingerprint density at radius 2 is 1.89 bits per heavy atom. The normalized spacial score (nSPS) is 17.4. The maximum absolute atomic E-state index is 12.1. The van der Waals surface area contributed by atoms with Crippen LogP contribution in [-0.2, 0) is 0 Å². The second-order valence-electron chi connectivity index (χ2n) is 5.30. The van der Waals surface area contributed by atoms with Crippen molar-refractivity contribution in [1.82, 2.24) is 4.90 Å². The number of carbonyl (C=O) groups is 1. The molecule has 0 radical (unpaired) electrons. The molecular formula is C16H23NO. The van der Waals surface area contributed by atoms with Gasteiger partial charge in [-0.1, -0.05) is 36.6 Å². The summed E-state index contributed by atoms with van der Waals surface area (Å²) in [6.45, 7) is 5.29. The van der Waals surface area contributed by atoms with Gasteiger partial charge in [-0.3, -0.25) is 4.79 Å². The van der Waals surface area contributed by atoms with Crippen molar-refractivity contribution >= 4 is 5.78 Å². The maximum Gasteiger partial charge on any atom is 0.164 e. The van der Waals surface area contributed by atoms with E-state index in [1.165, 1.54) is 38.8 Å². The lowest BCUT2D eigenvalue weighted by molar-refractivity contribution is 0.0965. The Bertz CT molecular complexity index is 392. The number of rotatable bonds is 4. The van der Waals surface area contributed by atoms with Crippen LogP contribution in [0.1, 0.15) is 48.0 Å². The van der Waals surface area contributed by atoms with Crippen molar-refractivity contribution < 1.29 is 4.79 Å². The molecule has 0 amide bonds. The number of carbonyl (C=O) groups excluding carboxylic acids is 1. The molecule has 98 valence electrons. The minimum atomic E-state index is 0.281. The topological polar surface area (TPSA) is 20.3 Å². The molecule has 0 bridgehead atoms. The molecule has 1 heterocycles. The highest BCUT2D eigenvalue weighted by Crippen LogP contribution is 2.12. The highest BCUT2D eigenvalue weighted by atomic mass is 16.1. The van der Waals surface area contributed by atoms with E-state index in [1.54, 1.807) is 0 Å². The third kappa shape index (κ3) is 3.95. The quantitative estimate of drug-likeness (QED) is 0.757. The van der Waals surface area contributed by atoms with Crippen LogP contribution in [-0.4, -0.2) is 30.3 Å². The molecule has 0 saturated carbocycles. The third-order valence-corrected chi connectivity index (χ3v) is 3.69. The molecule has 0 atom stereocenters. The molecule has 2 nitrogen and oxygen atoms in total. The molecule has 18 heavy (non-hydrogen) atoms. The second-order valence-corrected chi connectivity index (χ2v) is 5.30. The third-order valence-electron chi connectivity index (χ3n) is 3.69. The summed E-state index contributed by atoms with van der Waals surface area (Å²) in [6.07, 6.45) is 5.94. The Hall–Kier alpha value is -1.15. The zero-order valence-electron chi connectivity index (χ0n) is 11.3. The van der Waals surface area contributed by atoms with Crippen molar-refractivity contribution in [2.24, 2.45) is 0 Å². The van der Waals surface area contributed by atoms with Crippen LogP contribution in [0.25, 0.3) is 0 Å². The van der Waals surface area contributed by atoms with Crippen LogP contribution in [0.4, 0.5) is 0 Å². The summed E-state index contributed by atoms with van der Waals surface area (Å²) in [4.78, 5) is 14.5. The van der Waals surface area contributed by atoms with Gasteiger partial charge in [-0.2, -0.15) is 0 Å². The first-order chi connectivity index (χ1) is 8.75. The fourth-order valence-electron chi connectivity index (χ4n) is 2.58. The van der Waals surface area contributed by atoms with E-state index in [9.17, 15) is 4.79 Å². The first-order valence-corrected chi connectivity index (χ1v) is 7.08. The summed E-state index contributed by atoms with van der Waals surface area (Å²) >= 11 is 0. The van der Waals surface area contributed by atoms with Crippen molar-refractivity contribution in [3.63, 3.8) is 0 Å². The highest BCUT2D eigenvalue weighted by molar-refractivity contribution is 5.96. The van der Waals surface area contributed by atoms with Crippen molar-refractivity contribution in [3.8, 4) is 0 Å². The summed E-state index contributed by atoms with van der Waals surface area (Å²) in [5, 5.41) is 0. The molecule has 0 unspecified atom stereocenters. The average Bonchev–Trinajstić information content (AvgIpc) is 2.64. The summed E-state index contributed by atoms with van der Waals surface area (Å²) in [5.41, 5.74) is 2.03. The van der Waals surface area contributed by atoms with E-state index in [2.05, 4.69) is 4.90 Å². The fourth-order valence-corrected chi connectivity index (χ4v) is 2.58. The van der Waals surface area contributed by atoms with Gasteiger partial charge in [0.05, 0.1) is 0 Å². The molecular weight excluding hydrogens is 222 g/mol. The average molecular weight is 245 g/mol. The predicted octanol–water partition coefficient (Wildman–Crippen LogP) is 3.44. The van der Waals surface area contributed by atoms with Crippen LogP contribution >= 0.6 is 0 Å². The fraction of sp³-hybridized carbons (Fsp3) is 0.562. The number of likely N-dealkylation sites (tertiary alicyclic amines) is 1. The van der Waals surface area contributed by atoms with Gasteiger partial charge in [0.25, 0.3) is 0 Å². The first kappa shape index (κ1) is 13.3. The van der Waals surface area contributed by atoms with Gasteiger partial charge in [-0.25, -0.2) is 0 Å². The van der Waals surface area contributed by atoms with Crippen LogP contribution in [0, 0.1) is 6.92 Å². The summed E-state index contributed by atoms with van der Waals surface area (Å²) in [5.74, 6) is 0.281. The molecule has 0 N–H and O–H groups in total. The largest absolute Gasteiger partial charge is 0.303 e. The Morgan fingerprint density at radius 3 is 2.56 bits per heavy atom. The number of hydrogen-bond donors (Lipinski definition) is 0. The standard InChI is InChI=1S/C16H23NO/c1-14-7-6-8-15(13-14)16(18)9-12-17-10-4-2-3-5-11-17/h6-8,13H,2-5,9-12H2,1H3. The van der Waals surface area contributed by atoms with Gasteiger partial charge in [0, 0.05) is 18.5 Å². The Labute approximate surface area is 110 Å². The number of Topliss-reactive ketones (excluding diaryl/α,β-unsaturated/α-hetero) is 1. The molecule has 1 aromatic rings. The Kier molecular flexibility index (Phi) is 4.94. The lowest BCUT2D eigenvalue weighted by Crippen LogP contribution is -2.27. The van der Waals surface area contributed by atoms with Crippen LogP contribution in [0.2, 0.25) is 0 Å². The molecule has 1 aliphatic heterocycles. The molecule has 0 aromatic heterocycles. The molecule has 1 aromatic carbocycles. The maximum atomic E-state index is 12.1. The number of hydrogen-bond acceptors (Lipinski definition) is 2. The van der Waals surface area contributed by atoms with Gasteiger partial charge >= 0.3 is 0 Å². The van der Waals surface area contributed by atoms with Crippen LogP contribution in [0.5, 0.6) is 0 Å². The summed E-state index contributed by atoms with van der Waals surface area (Å²) < 4.78 is 0. The van der Waals surface area contributed by atoms with E-state index in [1.807, 2.05) is 31.2 Å². The molecule has 2 rings (SSSR count). The van der Waals surface area contributed by atoms with E-state index < -0.39 is 0 Å². The zero-order chi connectivity index (χ0) is 12.8. The SMILES string of the molecule is Cc1cccc(C(=O)CCN2CCCCCC2)c1. The number of benzene rings is 1. The van der Waals surface area contributed by atoms with Gasteiger partial charge in [-0.05, 0) is 38.9 Å². The van der Waals surface area contributed by atoms with Crippen LogP contribution in [0.15, 0.2) is 24.3 Å². The van der Waals surface area contributed by atoms with E-state index in [0.717, 1.165) is 17.7 Å². The molecule has 0 aliphatic carbocycles. The number of nitrogens with zero attached hydrogens (tertiary/aromatic N) is 1. The lowest BCUT2D eigenvalue weighted by Gasteiger charge is -2.19. The second kappa shape index (κ2) is 6.69. The summed E-state index contributed by atoms with van der Waals surface area (Å²) in [6, 6.07) is 7.92. The Balaban J connectivity index is 1.84. The molecule has 1 saturated heterocycles. The van der Waals surface area contributed by atoms with E-state index in [4.69, 9.17) is 0 Å². The van der Waals surface area contributed by atoms with E-state index in [-0.39, 0.29) is 5.78 Å². The van der Waals surface area contributed by atoms with Crippen LogP contribution in [0.3, 0.4) is 0 Å². The number of aryl methyl sites for hydroxylation is 1. The Morgan fingerprint density at radius 1 is 1.17 bits per heavy atom. The van der Waals surface area contributed by atoms with Gasteiger partial charge in [0.2, 0.25) is 0 Å². The zero-order valence-corrected chi connectivity index (χ0v) is 11.3. The molecule has 0 spiro atoms. The molecule has 1 fully saturated rings. The van der Waals surface area contributed by atoms with Gasteiger partial charge in [0.1, 0.15) is 0 Å². The predicted molar refractivity (Wildman–Crippen MR) is 75.0 cm³/mol. The van der Waals surface area contributed by atoms with Crippen LogP contribution < -0.4 is 0 Å². The minimum absolute atomic E-state index is 0.281. The van der Waals surface area contributed by atoms with Gasteiger partial charge < -0.3 is 4.90 Å². The lowest BCUT2D eigenvalue weighted by atomic mass is 10.1. The van der Waals surface area contributed by atoms with Crippen molar-refractivity contribution in [1.29, 1.82) is 0 Å². The smallest absolute Gasteiger partial charge is 0.164 e. The van der Waals surface area contributed by atoms with Gasteiger partial charge in [0.15, 0.2) is 5.78 Å². The van der Waals surface area contributed by atoms with Crippen molar-refractivity contribution in [3.05, 3.63) is 35.4 Å². The highest BCUT2D eigenvalue weighted by Gasteiger charge is 2.11. The molecule has 1 aliphatic rings. The van der Waals surface area contributed by atoms with E-state index in [0.29, 0.717) is 6.42 Å². The molecule has 2 heteroatoms.